The van der Waals surface area contributed by atoms with Crippen molar-refractivity contribution in [3.8, 4) is 0 Å². The largest absolute Gasteiger partial charge is 0.350 e. The van der Waals surface area contributed by atoms with Crippen LogP contribution in [0.3, 0.4) is 0 Å². The number of aryl methyl sites for hydroxylation is 2. The van der Waals surface area contributed by atoms with Crippen LogP contribution in [0.5, 0.6) is 0 Å². The van der Waals surface area contributed by atoms with Gasteiger partial charge in [0.15, 0.2) is 0 Å². The average molecular weight is 426 g/mol. The number of amides is 1. The Bertz CT molecular complexity index is 767. The highest BCUT2D eigenvalue weighted by Gasteiger charge is 2.34. The first-order valence-corrected chi connectivity index (χ1v) is 9.94. The Hall–Kier alpha value is -1.29. The molecule has 27 heavy (non-hydrogen) atoms. The van der Waals surface area contributed by atoms with Gasteiger partial charge in [0.2, 0.25) is 15.9 Å². The Balaban J connectivity index is 0.00000364. The van der Waals surface area contributed by atoms with Gasteiger partial charge in [0.05, 0.1) is 18.0 Å². The van der Waals surface area contributed by atoms with E-state index >= 15 is 0 Å². The maximum absolute atomic E-state index is 13.1. The van der Waals surface area contributed by atoms with Crippen molar-refractivity contribution >= 4 is 28.3 Å². The molecule has 0 bridgehead atoms. The van der Waals surface area contributed by atoms with Crippen LogP contribution in [0, 0.1) is 19.8 Å². The number of carbonyl (C=O) groups is 1. The summed E-state index contributed by atoms with van der Waals surface area (Å²) in [6.45, 7) is 2.37. The Labute approximate surface area is 164 Å². The zero-order valence-electron chi connectivity index (χ0n) is 15.4. The number of halogens is 3. The molecule has 0 atom stereocenters. The fourth-order valence-corrected chi connectivity index (χ4v) is 4.69. The fraction of sp³-hybridized carbons (Fsp3) is 0.588. The normalized spacial score (nSPS) is 16.6. The summed E-state index contributed by atoms with van der Waals surface area (Å²) in [5.41, 5.74) is 6.59. The molecule has 1 aromatic rings. The molecular weight excluding hydrogens is 400 g/mol. The van der Waals surface area contributed by atoms with Crippen molar-refractivity contribution in [3.05, 3.63) is 29.3 Å². The second-order valence-electron chi connectivity index (χ2n) is 6.73. The summed E-state index contributed by atoms with van der Waals surface area (Å²) in [6.07, 6.45) is 0.592. The number of hydrogen-bond acceptors (Lipinski definition) is 4. The topological polar surface area (TPSA) is 92.5 Å². The zero-order valence-corrected chi connectivity index (χ0v) is 17.0. The minimum Gasteiger partial charge on any atom is -0.350 e. The van der Waals surface area contributed by atoms with Crippen LogP contribution in [-0.2, 0) is 14.8 Å². The summed E-state index contributed by atoms with van der Waals surface area (Å²) in [7, 11) is -3.63. The lowest BCUT2D eigenvalue weighted by Crippen LogP contribution is -2.46. The van der Waals surface area contributed by atoms with Crippen LogP contribution in [-0.4, -0.2) is 50.7 Å². The third kappa shape index (κ3) is 5.84. The van der Waals surface area contributed by atoms with E-state index in [0.717, 1.165) is 5.56 Å². The summed E-state index contributed by atoms with van der Waals surface area (Å²) < 4.78 is 53.2. The van der Waals surface area contributed by atoms with E-state index in [1.165, 1.54) is 4.31 Å². The van der Waals surface area contributed by atoms with Crippen molar-refractivity contribution in [2.75, 3.05) is 26.2 Å². The summed E-state index contributed by atoms with van der Waals surface area (Å²) >= 11 is 0. The number of nitrogens with one attached hydrogen (secondary N) is 1. The highest BCUT2D eigenvalue weighted by molar-refractivity contribution is 7.89. The first-order valence-electron chi connectivity index (χ1n) is 8.50. The van der Waals surface area contributed by atoms with Crippen LogP contribution in [0.1, 0.15) is 24.0 Å². The summed E-state index contributed by atoms with van der Waals surface area (Å²) in [5.74, 6) is -4.10. The number of rotatable bonds is 6. The molecule has 2 rings (SSSR count). The molecule has 3 N–H and O–H groups in total. The Morgan fingerprint density at radius 3 is 2.41 bits per heavy atom. The van der Waals surface area contributed by atoms with Gasteiger partial charge in [-0.25, -0.2) is 17.2 Å². The van der Waals surface area contributed by atoms with Crippen molar-refractivity contribution < 1.29 is 22.0 Å². The van der Waals surface area contributed by atoms with Gasteiger partial charge in [-0.3, -0.25) is 4.79 Å². The van der Waals surface area contributed by atoms with E-state index in [2.05, 4.69) is 5.32 Å². The number of nitrogens with zero attached hydrogens (tertiary/aromatic N) is 1. The van der Waals surface area contributed by atoms with Crippen LogP contribution < -0.4 is 11.1 Å². The first kappa shape index (κ1) is 23.7. The molecule has 1 saturated heterocycles. The fourth-order valence-electron chi connectivity index (χ4n) is 3.02. The molecule has 0 saturated carbocycles. The number of hydrogen-bond donors (Lipinski definition) is 2. The van der Waals surface area contributed by atoms with Crippen LogP contribution in [0.4, 0.5) is 8.78 Å². The third-order valence-electron chi connectivity index (χ3n) is 4.59. The van der Waals surface area contributed by atoms with Gasteiger partial charge in [-0.05, 0) is 38.3 Å². The number of piperidine rings is 1. The van der Waals surface area contributed by atoms with Crippen molar-refractivity contribution in [1.82, 2.24) is 9.62 Å². The van der Waals surface area contributed by atoms with Crippen molar-refractivity contribution in [1.29, 1.82) is 0 Å². The van der Waals surface area contributed by atoms with Gasteiger partial charge in [0.25, 0.3) is 5.92 Å². The number of benzene rings is 1. The van der Waals surface area contributed by atoms with E-state index < -0.39 is 40.9 Å². The van der Waals surface area contributed by atoms with Crippen LogP contribution in [0.25, 0.3) is 0 Å². The molecule has 0 radical (unpaired) electrons. The number of nitrogens with two attached hydrogens (primary N) is 1. The van der Waals surface area contributed by atoms with Crippen LogP contribution in [0.2, 0.25) is 0 Å². The Kier molecular flexibility index (Phi) is 8.15. The quantitative estimate of drug-likeness (QED) is 0.727. The average Bonchev–Trinajstić information content (AvgIpc) is 2.59. The lowest BCUT2D eigenvalue weighted by atomic mass is 9.97. The number of sulfonamides is 1. The first-order chi connectivity index (χ1) is 12.1. The lowest BCUT2D eigenvalue weighted by molar-refractivity contribution is -0.127. The SMILES string of the molecule is Cc1ccc(S(=O)(=O)N2CCC(C(=O)NCC(F)(F)CN)CC2)c(C)c1.Cl. The van der Waals surface area contributed by atoms with Gasteiger partial charge < -0.3 is 11.1 Å². The van der Waals surface area contributed by atoms with Gasteiger partial charge in [-0.15, -0.1) is 12.4 Å². The van der Waals surface area contributed by atoms with Crippen molar-refractivity contribution in [2.45, 2.75) is 37.5 Å². The molecule has 1 aliphatic rings. The van der Waals surface area contributed by atoms with Gasteiger partial charge in [-0.1, -0.05) is 17.7 Å². The van der Waals surface area contributed by atoms with E-state index in [-0.39, 0.29) is 30.4 Å². The molecule has 1 heterocycles. The minimum absolute atomic E-state index is 0. The molecule has 0 aromatic heterocycles. The Morgan fingerprint density at radius 1 is 1.30 bits per heavy atom. The molecule has 1 aliphatic heterocycles. The molecule has 0 aliphatic carbocycles. The van der Waals surface area contributed by atoms with Gasteiger partial charge in [0.1, 0.15) is 0 Å². The number of carbonyl (C=O) groups excluding carboxylic acids is 1. The lowest BCUT2D eigenvalue weighted by Gasteiger charge is -2.31. The molecule has 1 fully saturated rings. The molecule has 1 amide bonds. The molecule has 1 aromatic carbocycles. The molecular formula is C17H26ClF2N3O3S. The maximum Gasteiger partial charge on any atom is 0.277 e. The summed E-state index contributed by atoms with van der Waals surface area (Å²) in [4.78, 5) is 12.3. The summed E-state index contributed by atoms with van der Waals surface area (Å²) in [5, 5.41) is 2.21. The highest BCUT2D eigenvalue weighted by Crippen LogP contribution is 2.26. The zero-order chi connectivity index (χ0) is 19.5. The molecule has 154 valence electrons. The van der Waals surface area contributed by atoms with Crippen molar-refractivity contribution in [2.24, 2.45) is 11.7 Å². The molecule has 10 heteroatoms. The summed E-state index contributed by atoms with van der Waals surface area (Å²) in [6, 6.07) is 5.15. The predicted molar refractivity (Wildman–Crippen MR) is 102 cm³/mol. The van der Waals surface area contributed by atoms with Crippen LogP contribution in [0.15, 0.2) is 23.1 Å². The van der Waals surface area contributed by atoms with E-state index in [9.17, 15) is 22.0 Å². The third-order valence-corrected chi connectivity index (χ3v) is 6.65. The number of alkyl halides is 2. The van der Waals surface area contributed by atoms with E-state index in [1.807, 2.05) is 13.0 Å². The molecule has 0 spiro atoms. The smallest absolute Gasteiger partial charge is 0.277 e. The van der Waals surface area contributed by atoms with Crippen molar-refractivity contribution in [3.63, 3.8) is 0 Å². The highest BCUT2D eigenvalue weighted by atomic mass is 35.5. The van der Waals surface area contributed by atoms with E-state index in [1.54, 1.807) is 19.1 Å². The molecule has 6 nitrogen and oxygen atoms in total. The van der Waals surface area contributed by atoms with E-state index in [0.29, 0.717) is 18.4 Å². The van der Waals surface area contributed by atoms with E-state index in [4.69, 9.17) is 5.73 Å². The monoisotopic (exact) mass is 425 g/mol. The predicted octanol–water partition coefficient (Wildman–Crippen LogP) is 1.84. The molecule has 0 unspecified atom stereocenters. The van der Waals surface area contributed by atoms with Gasteiger partial charge in [0, 0.05) is 19.0 Å². The minimum atomic E-state index is -3.63. The standard InChI is InChI=1S/C17H25F2N3O3S.ClH/c1-12-3-4-15(13(2)9-12)26(24,25)22-7-5-14(6-8-22)16(23)21-11-17(18,19)10-20;/h3-4,9,14H,5-8,10-11,20H2,1-2H3,(H,21,23);1H. The maximum atomic E-state index is 13.1. The second kappa shape index (κ2) is 9.27. The van der Waals surface area contributed by atoms with Gasteiger partial charge in [-0.2, -0.15) is 4.31 Å². The Morgan fingerprint density at radius 2 is 1.89 bits per heavy atom. The van der Waals surface area contributed by atoms with Crippen LogP contribution >= 0.6 is 12.4 Å². The second-order valence-corrected chi connectivity index (χ2v) is 8.63. The van der Waals surface area contributed by atoms with Gasteiger partial charge >= 0.3 is 0 Å².